The monoisotopic (exact) mass is 735 g/mol. The van der Waals surface area contributed by atoms with Gasteiger partial charge in [-0.1, -0.05) is 103 Å². The van der Waals surface area contributed by atoms with Crippen molar-refractivity contribution in [3.63, 3.8) is 0 Å². The maximum Gasteiger partial charge on any atom is 0.224 e. The van der Waals surface area contributed by atoms with Gasteiger partial charge in [0.05, 0.1) is 35.9 Å². The zero-order chi connectivity index (χ0) is 36.8. The Balaban J connectivity index is 0.973. The average molecular weight is 736 g/mol. The minimum absolute atomic E-state index is 0.000910. The summed E-state index contributed by atoms with van der Waals surface area (Å²) in [6.45, 7) is 0.400. The molecule has 0 radical (unpaired) electrons. The fourth-order valence-corrected chi connectivity index (χ4v) is 6.93. The molecule has 1 saturated heterocycles. The number of hydrogen-bond donors (Lipinski definition) is 4. The number of thioether (sulfide) groups is 1. The van der Waals surface area contributed by atoms with E-state index in [1.807, 2.05) is 91.0 Å². The van der Waals surface area contributed by atoms with Gasteiger partial charge in [0.1, 0.15) is 0 Å². The molecule has 3 unspecified atom stereocenters. The van der Waals surface area contributed by atoms with Crippen LogP contribution in [0.1, 0.15) is 79.6 Å². The summed E-state index contributed by atoms with van der Waals surface area (Å²) in [6.07, 6.45) is 3.78. The lowest BCUT2D eigenvalue weighted by molar-refractivity contribution is -0.245. The number of tetrazole rings is 1. The number of aromatic nitrogens is 4. The Kier molecular flexibility index (Phi) is 13.6. The van der Waals surface area contributed by atoms with E-state index < -0.39 is 6.29 Å². The van der Waals surface area contributed by atoms with Gasteiger partial charge >= 0.3 is 0 Å². The van der Waals surface area contributed by atoms with Gasteiger partial charge < -0.3 is 30.9 Å². The summed E-state index contributed by atoms with van der Waals surface area (Å²) < 4.78 is 14.7. The van der Waals surface area contributed by atoms with E-state index in [-0.39, 0.29) is 30.6 Å². The molecule has 5 N–H and O–H groups in total. The first-order valence-electron chi connectivity index (χ1n) is 17.9. The number of para-hydroxylation sites is 3. The van der Waals surface area contributed by atoms with Crippen molar-refractivity contribution < 1.29 is 24.2 Å². The Hall–Kier alpha value is -5.08. The SMILES string of the molecule is Nc1ccccc1NC(=O)CCCCCCC(=O)NCc1ccc(C2OC(CSc3nnnn3-c3ccccc3)CC(c3ccc(CO)cc3)O2)cc1. The molecule has 1 aromatic heterocycles. The van der Waals surface area contributed by atoms with Crippen molar-refractivity contribution in [2.75, 3.05) is 16.8 Å². The van der Waals surface area contributed by atoms with Crippen LogP contribution < -0.4 is 16.4 Å². The largest absolute Gasteiger partial charge is 0.397 e. The van der Waals surface area contributed by atoms with E-state index in [9.17, 15) is 14.7 Å². The van der Waals surface area contributed by atoms with E-state index in [1.165, 1.54) is 11.8 Å². The third-order valence-electron chi connectivity index (χ3n) is 8.99. The number of anilines is 2. The molecule has 53 heavy (non-hydrogen) atoms. The number of nitrogen functional groups attached to an aromatic ring is 1. The van der Waals surface area contributed by atoms with E-state index in [0.29, 0.717) is 48.1 Å². The van der Waals surface area contributed by atoms with Gasteiger partial charge in [-0.05, 0) is 64.2 Å². The first-order valence-corrected chi connectivity index (χ1v) is 18.9. The molecule has 1 aliphatic heterocycles. The third kappa shape index (κ3) is 11.0. The zero-order valence-corrected chi connectivity index (χ0v) is 30.3. The van der Waals surface area contributed by atoms with Gasteiger partial charge in [-0.25, -0.2) is 0 Å². The normalized spacial score (nSPS) is 17.0. The van der Waals surface area contributed by atoms with E-state index in [2.05, 4.69) is 26.2 Å². The summed E-state index contributed by atoms with van der Waals surface area (Å²) in [5, 5.41) is 28.4. The van der Waals surface area contributed by atoms with Crippen LogP contribution in [0.2, 0.25) is 0 Å². The lowest BCUT2D eigenvalue weighted by Crippen LogP contribution is -2.31. The van der Waals surface area contributed by atoms with Crippen LogP contribution in [0.3, 0.4) is 0 Å². The highest BCUT2D eigenvalue weighted by molar-refractivity contribution is 7.99. The number of nitrogens with zero attached hydrogens (tertiary/aromatic N) is 4. The molecule has 5 aromatic rings. The van der Waals surface area contributed by atoms with Crippen molar-refractivity contribution in [3.05, 3.63) is 125 Å². The van der Waals surface area contributed by atoms with E-state index in [4.69, 9.17) is 15.2 Å². The number of benzene rings is 4. The number of carbonyl (C=O) groups is 2. The van der Waals surface area contributed by atoms with Gasteiger partial charge in [-0.2, -0.15) is 4.68 Å². The molecule has 2 amide bonds. The average Bonchev–Trinajstić information content (AvgIpc) is 3.68. The minimum atomic E-state index is -0.604. The molecule has 12 nitrogen and oxygen atoms in total. The first kappa shape index (κ1) is 37.7. The van der Waals surface area contributed by atoms with Crippen LogP contribution >= 0.6 is 11.8 Å². The summed E-state index contributed by atoms with van der Waals surface area (Å²) in [4.78, 5) is 24.7. The van der Waals surface area contributed by atoms with Gasteiger partial charge in [0.15, 0.2) is 6.29 Å². The molecule has 3 atom stereocenters. The van der Waals surface area contributed by atoms with Crippen LogP contribution in [0.4, 0.5) is 11.4 Å². The van der Waals surface area contributed by atoms with Crippen molar-refractivity contribution in [1.82, 2.24) is 25.5 Å². The number of nitrogens with two attached hydrogens (primary N) is 1. The maximum absolute atomic E-state index is 12.5. The second-order valence-corrected chi connectivity index (χ2v) is 13.9. The van der Waals surface area contributed by atoms with Gasteiger partial charge in [-0.15, -0.1) is 5.10 Å². The van der Waals surface area contributed by atoms with Crippen LogP contribution in [0.5, 0.6) is 0 Å². The number of rotatable bonds is 17. The Labute approximate surface area is 313 Å². The molecule has 6 rings (SSSR count). The standard InChI is InChI=1S/C40H45N7O5S/c41-34-12-8-9-13-35(34)43-38(50)15-7-2-1-6-14-37(49)42-25-28-16-22-31(23-17-28)39-51-33(24-36(52-39)30-20-18-29(26-48)19-21-30)27-53-40-44-45-46-47(40)32-10-4-3-5-11-32/h3-5,8-13,16-23,33,36,39,48H,1-2,6-7,14-15,24-27,41H2,(H,42,49)(H,43,50). The molecular weight excluding hydrogens is 691 g/mol. The Morgan fingerprint density at radius 3 is 2.23 bits per heavy atom. The molecule has 0 bridgehead atoms. The van der Waals surface area contributed by atoms with Crippen molar-refractivity contribution in [2.45, 2.75) is 81.8 Å². The van der Waals surface area contributed by atoms with Crippen molar-refractivity contribution >= 4 is 35.0 Å². The van der Waals surface area contributed by atoms with Crippen LogP contribution in [-0.2, 0) is 32.2 Å². The zero-order valence-electron chi connectivity index (χ0n) is 29.5. The highest BCUT2D eigenvalue weighted by atomic mass is 32.2. The van der Waals surface area contributed by atoms with Gasteiger partial charge in [0.25, 0.3) is 0 Å². The van der Waals surface area contributed by atoms with Gasteiger partial charge in [0.2, 0.25) is 17.0 Å². The maximum atomic E-state index is 12.5. The fraction of sp³-hybridized carbons (Fsp3) is 0.325. The first-order chi connectivity index (χ1) is 25.9. The van der Waals surface area contributed by atoms with Gasteiger partial charge in [-0.3, -0.25) is 9.59 Å². The van der Waals surface area contributed by atoms with Crippen molar-refractivity contribution in [1.29, 1.82) is 0 Å². The highest BCUT2D eigenvalue weighted by Gasteiger charge is 2.32. The van der Waals surface area contributed by atoms with Crippen LogP contribution in [-0.4, -0.2) is 49.0 Å². The Bertz CT molecular complexity index is 1910. The molecule has 0 aliphatic carbocycles. The van der Waals surface area contributed by atoms with E-state index in [0.717, 1.165) is 53.6 Å². The smallest absolute Gasteiger partial charge is 0.224 e. The third-order valence-corrected chi connectivity index (χ3v) is 10.0. The Morgan fingerprint density at radius 2 is 1.49 bits per heavy atom. The highest BCUT2D eigenvalue weighted by Crippen LogP contribution is 2.39. The summed E-state index contributed by atoms with van der Waals surface area (Å²) >= 11 is 1.53. The molecule has 1 fully saturated rings. The molecule has 0 spiro atoms. The molecule has 2 heterocycles. The van der Waals surface area contributed by atoms with Crippen molar-refractivity contribution in [2.24, 2.45) is 0 Å². The number of hydrogen-bond acceptors (Lipinski definition) is 10. The lowest BCUT2D eigenvalue weighted by atomic mass is 10.0. The Morgan fingerprint density at radius 1 is 0.811 bits per heavy atom. The number of aliphatic hydroxyl groups is 1. The van der Waals surface area contributed by atoms with Gasteiger partial charge in [0, 0.05) is 37.1 Å². The number of amides is 2. The molecular formula is C40H45N7O5S. The fourth-order valence-electron chi connectivity index (χ4n) is 6.02. The van der Waals surface area contributed by atoms with Crippen LogP contribution in [0, 0.1) is 0 Å². The summed E-state index contributed by atoms with van der Waals surface area (Å²) in [5.74, 6) is 0.555. The van der Waals surface area contributed by atoms with Crippen molar-refractivity contribution in [3.8, 4) is 5.69 Å². The number of aliphatic hydroxyl groups excluding tert-OH is 1. The molecule has 276 valence electrons. The summed E-state index contributed by atoms with van der Waals surface area (Å²) in [6, 6.07) is 32.7. The van der Waals surface area contributed by atoms with E-state index >= 15 is 0 Å². The number of carbonyl (C=O) groups excluding carboxylic acids is 2. The molecule has 0 saturated carbocycles. The summed E-state index contributed by atoms with van der Waals surface area (Å²) in [7, 11) is 0. The lowest BCUT2D eigenvalue weighted by Gasteiger charge is -2.36. The molecule has 4 aromatic carbocycles. The number of ether oxygens (including phenoxy) is 2. The van der Waals surface area contributed by atoms with Crippen LogP contribution in [0.15, 0.2) is 108 Å². The minimum Gasteiger partial charge on any atom is -0.397 e. The molecule has 13 heteroatoms. The number of unbranched alkanes of at least 4 members (excludes halogenated alkanes) is 3. The van der Waals surface area contributed by atoms with E-state index in [1.54, 1.807) is 16.8 Å². The van der Waals surface area contributed by atoms with Crippen LogP contribution in [0.25, 0.3) is 5.69 Å². The quantitative estimate of drug-likeness (QED) is 0.0460. The predicted octanol–water partition coefficient (Wildman–Crippen LogP) is 6.67. The number of nitrogens with one attached hydrogen (secondary N) is 2. The summed E-state index contributed by atoms with van der Waals surface area (Å²) in [5.41, 5.74) is 11.7. The second-order valence-electron chi connectivity index (χ2n) is 12.9. The topological polar surface area (TPSA) is 167 Å². The molecule has 1 aliphatic rings. The second kappa shape index (κ2) is 19.1. The predicted molar refractivity (Wildman–Crippen MR) is 204 cm³/mol.